The van der Waals surface area contributed by atoms with Gasteiger partial charge >= 0.3 is 0 Å². The molecule has 0 aliphatic carbocycles. The molecule has 10 heteroatoms. The molecule has 2 aliphatic heterocycles. The molecular formula is C28H24N8OS. The summed E-state index contributed by atoms with van der Waals surface area (Å²) in [4.78, 5) is 14.4. The summed E-state index contributed by atoms with van der Waals surface area (Å²) in [6, 6.07) is 15.0. The highest BCUT2D eigenvalue weighted by Gasteiger charge is 2.33. The molecule has 0 bridgehead atoms. The van der Waals surface area contributed by atoms with E-state index >= 15 is 0 Å². The Bertz CT molecular complexity index is 1770. The second kappa shape index (κ2) is 8.49. The quantitative estimate of drug-likeness (QED) is 0.332. The molecule has 0 saturated carbocycles. The molecule has 2 aromatic carbocycles. The molecule has 2 aliphatic rings. The van der Waals surface area contributed by atoms with Crippen LogP contribution in [-0.4, -0.2) is 56.8 Å². The van der Waals surface area contributed by atoms with Crippen LogP contribution in [0.5, 0.6) is 5.75 Å². The molecule has 1 saturated heterocycles. The van der Waals surface area contributed by atoms with Gasteiger partial charge in [-0.05, 0) is 29.6 Å². The lowest BCUT2D eigenvalue weighted by molar-refractivity contribution is 0.255. The van der Waals surface area contributed by atoms with E-state index in [2.05, 4.69) is 83.5 Å². The lowest BCUT2D eigenvalue weighted by Gasteiger charge is -2.46. The molecule has 6 heterocycles. The van der Waals surface area contributed by atoms with Crippen LogP contribution in [0.3, 0.4) is 0 Å². The van der Waals surface area contributed by atoms with Gasteiger partial charge in [-0.15, -0.1) is 0 Å². The molecule has 1 fully saturated rings. The summed E-state index contributed by atoms with van der Waals surface area (Å²) in [5.41, 5.74) is 6.96. The first kappa shape index (κ1) is 21.5. The van der Waals surface area contributed by atoms with Crippen molar-refractivity contribution in [2.24, 2.45) is 0 Å². The zero-order valence-corrected chi connectivity index (χ0v) is 21.2. The van der Waals surface area contributed by atoms with E-state index in [1.54, 1.807) is 17.5 Å². The van der Waals surface area contributed by atoms with Crippen molar-refractivity contribution in [3.8, 4) is 17.0 Å². The van der Waals surface area contributed by atoms with Gasteiger partial charge in [-0.2, -0.15) is 16.4 Å². The summed E-state index contributed by atoms with van der Waals surface area (Å²) < 4.78 is 8.27. The number of thiophene rings is 1. The zero-order valence-electron chi connectivity index (χ0n) is 20.4. The fourth-order valence-electron chi connectivity index (χ4n) is 5.51. The highest BCUT2D eigenvalue weighted by Crippen LogP contribution is 2.39. The molecular weight excluding hydrogens is 496 g/mol. The number of piperazine rings is 1. The summed E-state index contributed by atoms with van der Waals surface area (Å²) in [6.07, 6.45) is 7.54. The maximum atomic E-state index is 6.28. The number of hydrogen-bond acceptors (Lipinski definition) is 8. The van der Waals surface area contributed by atoms with Crippen molar-refractivity contribution in [3.63, 3.8) is 0 Å². The Labute approximate surface area is 222 Å². The highest BCUT2D eigenvalue weighted by molar-refractivity contribution is 7.08. The second-order valence-corrected chi connectivity index (χ2v) is 10.5. The maximum Gasteiger partial charge on any atom is 0.180 e. The van der Waals surface area contributed by atoms with Crippen LogP contribution in [0.1, 0.15) is 0 Å². The summed E-state index contributed by atoms with van der Waals surface area (Å²) in [5, 5.41) is 16.1. The Morgan fingerprint density at radius 3 is 3.05 bits per heavy atom. The standard InChI is InChI=1S/C28H24N8OS/c1-2-19-13-30-33-23(19)11-18(1)24-15-35-7-6-29-28(35)27(32-24)31-20-3-4-25-26(12-20)37-16-22-14-34(8-9-36(22)25)21-5-10-38-17-21/h1-7,10-13,15,17,22H,8-9,14,16H2,(H,30,33)(H,31,32). The van der Waals surface area contributed by atoms with Gasteiger partial charge in [0.05, 0.1) is 29.1 Å². The normalized spacial score (nSPS) is 16.9. The van der Waals surface area contributed by atoms with Crippen molar-refractivity contribution in [1.29, 1.82) is 0 Å². The van der Waals surface area contributed by atoms with E-state index < -0.39 is 0 Å². The minimum atomic E-state index is 0.338. The number of aromatic nitrogens is 5. The monoisotopic (exact) mass is 520 g/mol. The van der Waals surface area contributed by atoms with Gasteiger partial charge in [-0.1, -0.05) is 12.1 Å². The van der Waals surface area contributed by atoms with Crippen LogP contribution in [0.2, 0.25) is 0 Å². The molecule has 1 atom stereocenters. The Balaban J connectivity index is 1.09. The number of H-pyrrole nitrogens is 1. The number of benzene rings is 2. The van der Waals surface area contributed by atoms with Gasteiger partial charge in [-0.25, -0.2) is 9.97 Å². The van der Waals surface area contributed by atoms with Gasteiger partial charge in [0.15, 0.2) is 11.5 Å². The SMILES string of the molecule is c1cn2cc(-c3ccc4cn[nH]c4c3)nc(Nc3ccc4c(c3)OCC3CN(c5ccsc5)CCN43)c2n1. The Morgan fingerprint density at radius 2 is 2.11 bits per heavy atom. The minimum Gasteiger partial charge on any atom is -0.489 e. The molecule has 38 heavy (non-hydrogen) atoms. The summed E-state index contributed by atoms with van der Waals surface area (Å²) in [6.45, 7) is 3.62. The van der Waals surface area contributed by atoms with Crippen LogP contribution in [0, 0.1) is 0 Å². The Kier molecular flexibility index (Phi) is 4.81. The maximum absolute atomic E-state index is 6.28. The van der Waals surface area contributed by atoms with E-state index in [1.807, 2.05) is 23.0 Å². The summed E-state index contributed by atoms with van der Waals surface area (Å²) >= 11 is 1.75. The molecule has 4 aromatic heterocycles. The lowest BCUT2D eigenvalue weighted by Crippen LogP contribution is -2.57. The number of ether oxygens (including phenoxy) is 1. The molecule has 6 aromatic rings. The van der Waals surface area contributed by atoms with Gasteiger partial charge in [0.2, 0.25) is 0 Å². The average molecular weight is 521 g/mol. The van der Waals surface area contributed by atoms with Crippen LogP contribution < -0.4 is 19.9 Å². The topological polar surface area (TPSA) is 86.6 Å². The number of nitrogens with zero attached hydrogens (tertiary/aromatic N) is 6. The van der Waals surface area contributed by atoms with Crippen molar-refractivity contribution in [1.82, 2.24) is 24.6 Å². The van der Waals surface area contributed by atoms with Gasteiger partial charge < -0.3 is 24.3 Å². The third kappa shape index (κ3) is 3.56. The van der Waals surface area contributed by atoms with E-state index in [0.29, 0.717) is 18.5 Å². The molecule has 0 amide bonds. The first-order valence-corrected chi connectivity index (χ1v) is 13.6. The van der Waals surface area contributed by atoms with E-state index in [0.717, 1.165) is 64.6 Å². The number of fused-ring (bicyclic) bond motifs is 5. The third-order valence-electron chi connectivity index (χ3n) is 7.43. The molecule has 9 nitrogen and oxygen atoms in total. The molecule has 2 N–H and O–H groups in total. The van der Waals surface area contributed by atoms with Crippen LogP contribution >= 0.6 is 11.3 Å². The predicted molar refractivity (Wildman–Crippen MR) is 151 cm³/mol. The third-order valence-corrected chi connectivity index (χ3v) is 8.10. The largest absolute Gasteiger partial charge is 0.489 e. The van der Waals surface area contributed by atoms with Crippen LogP contribution in [0.4, 0.5) is 22.9 Å². The lowest BCUT2D eigenvalue weighted by atomic mass is 10.1. The number of anilines is 4. The van der Waals surface area contributed by atoms with E-state index in [-0.39, 0.29) is 0 Å². The van der Waals surface area contributed by atoms with Crippen molar-refractivity contribution < 1.29 is 4.74 Å². The van der Waals surface area contributed by atoms with E-state index in [1.165, 1.54) is 5.69 Å². The minimum absolute atomic E-state index is 0.338. The van der Waals surface area contributed by atoms with Gasteiger partial charge in [-0.3, -0.25) is 5.10 Å². The van der Waals surface area contributed by atoms with Crippen LogP contribution in [0.15, 0.2) is 78.0 Å². The molecule has 0 spiro atoms. The fourth-order valence-corrected chi connectivity index (χ4v) is 6.17. The van der Waals surface area contributed by atoms with Crippen LogP contribution in [0.25, 0.3) is 27.8 Å². The molecule has 8 rings (SSSR count). The molecule has 188 valence electrons. The Morgan fingerprint density at radius 1 is 1.11 bits per heavy atom. The number of nitrogens with one attached hydrogen (secondary N) is 2. The van der Waals surface area contributed by atoms with Crippen molar-refractivity contribution in [3.05, 3.63) is 78.0 Å². The van der Waals surface area contributed by atoms with Crippen molar-refractivity contribution in [2.75, 3.05) is 41.4 Å². The smallest absolute Gasteiger partial charge is 0.180 e. The van der Waals surface area contributed by atoms with Crippen LogP contribution in [-0.2, 0) is 0 Å². The Hall–Kier alpha value is -4.57. The fraction of sp³-hybridized carbons (Fsp3) is 0.179. The number of imidazole rings is 1. The average Bonchev–Trinajstić information content (AvgIpc) is 3.74. The first-order chi connectivity index (χ1) is 18.8. The predicted octanol–water partition coefficient (Wildman–Crippen LogP) is 5.17. The zero-order chi connectivity index (χ0) is 25.1. The summed E-state index contributed by atoms with van der Waals surface area (Å²) in [7, 11) is 0. The first-order valence-electron chi connectivity index (χ1n) is 12.6. The second-order valence-electron chi connectivity index (χ2n) is 9.70. The summed E-state index contributed by atoms with van der Waals surface area (Å²) in [5.74, 6) is 1.59. The van der Waals surface area contributed by atoms with E-state index in [9.17, 15) is 0 Å². The van der Waals surface area contributed by atoms with Gasteiger partial charge in [0.25, 0.3) is 0 Å². The molecule has 1 unspecified atom stereocenters. The van der Waals surface area contributed by atoms with Gasteiger partial charge in [0.1, 0.15) is 12.4 Å². The number of aromatic amines is 1. The molecule has 0 radical (unpaired) electrons. The highest BCUT2D eigenvalue weighted by atomic mass is 32.1. The van der Waals surface area contributed by atoms with Gasteiger partial charge in [0, 0.05) is 72.0 Å². The number of hydrogen-bond donors (Lipinski definition) is 2. The van der Waals surface area contributed by atoms with E-state index in [4.69, 9.17) is 9.72 Å². The van der Waals surface area contributed by atoms with Crippen molar-refractivity contribution in [2.45, 2.75) is 6.04 Å². The number of rotatable bonds is 4. The van der Waals surface area contributed by atoms with Crippen molar-refractivity contribution >= 4 is 50.8 Å².